The highest BCUT2D eigenvalue weighted by Gasteiger charge is 2.07. The fourth-order valence-corrected chi connectivity index (χ4v) is 2.34. The van der Waals surface area contributed by atoms with Gasteiger partial charge < -0.3 is 5.32 Å². The molecule has 0 aliphatic heterocycles. The van der Waals surface area contributed by atoms with E-state index in [4.69, 9.17) is 11.6 Å². The van der Waals surface area contributed by atoms with Gasteiger partial charge in [-0.25, -0.2) is 9.97 Å². The van der Waals surface area contributed by atoms with E-state index in [9.17, 15) is 0 Å². The predicted molar refractivity (Wildman–Crippen MR) is 89.0 cm³/mol. The third kappa shape index (κ3) is 5.01. The number of hydrogen-bond donors (Lipinski definition) is 1. The first-order valence-electron chi connectivity index (χ1n) is 7.42. The summed E-state index contributed by atoms with van der Waals surface area (Å²) < 4.78 is 0. The normalized spacial score (nSPS) is 10.9. The molecule has 1 heterocycles. The molecule has 0 bridgehead atoms. The zero-order valence-corrected chi connectivity index (χ0v) is 13.6. The summed E-state index contributed by atoms with van der Waals surface area (Å²) in [6, 6.07) is 9.90. The van der Waals surface area contributed by atoms with E-state index in [1.165, 1.54) is 5.56 Å². The summed E-state index contributed by atoms with van der Waals surface area (Å²) in [6.45, 7) is 7.34. The van der Waals surface area contributed by atoms with Crippen molar-refractivity contribution in [3.05, 3.63) is 52.4 Å². The van der Waals surface area contributed by atoms with E-state index in [-0.39, 0.29) is 0 Å². The highest BCUT2D eigenvalue weighted by Crippen LogP contribution is 2.15. The van der Waals surface area contributed by atoms with E-state index in [1.54, 1.807) is 0 Å². The topological polar surface area (TPSA) is 37.8 Å². The largest absolute Gasteiger partial charge is 0.370 e. The van der Waals surface area contributed by atoms with Gasteiger partial charge in [0.05, 0.1) is 0 Å². The van der Waals surface area contributed by atoms with Gasteiger partial charge in [0.15, 0.2) is 0 Å². The van der Waals surface area contributed by atoms with Crippen LogP contribution in [-0.2, 0) is 12.8 Å². The van der Waals surface area contributed by atoms with Crippen molar-refractivity contribution in [3.8, 4) is 0 Å². The predicted octanol–water partition coefficient (Wildman–Crippen LogP) is 4.35. The van der Waals surface area contributed by atoms with Gasteiger partial charge in [-0.2, -0.15) is 0 Å². The van der Waals surface area contributed by atoms with Crippen molar-refractivity contribution >= 4 is 17.4 Å². The third-order valence-corrected chi connectivity index (χ3v) is 3.33. The van der Waals surface area contributed by atoms with E-state index in [1.807, 2.05) is 24.3 Å². The molecular formula is C17H22ClN3. The molecule has 3 nitrogen and oxygen atoms in total. The Morgan fingerprint density at radius 2 is 1.86 bits per heavy atom. The molecule has 1 N–H and O–H groups in total. The molecule has 112 valence electrons. The molecule has 21 heavy (non-hydrogen) atoms. The molecule has 2 rings (SSSR count). The Labute approximate surface area is 131 Å². The average Bonchev–Trinajstić information content (AvgIpc) is 2.41. The van der Waals surface area contributed by atoms with Crippen LogP contribution in [0.2, 0.25) is 5.02 Å². The number of benzene rings is 1. The molecular weight excluding hydrogens is 282 g/mol. The first kappa shape index (κ1) is 15.8. The Morgan fingerprint density at radius 3 is 2.48 bits per heavy atom. The summed E-state index contributed by atoms with van der Waals surface area (Å²) in [4.78, 5) is 9.28. The van der Waals surface area contributed by atoms with E-state index in [0.717, 1.165) is 41.7 Å². The van der Waals surface area contributed by atoms with Gasteiger partial charge in [-0.3, -0.25) is 0 Å². The van der Waals surface area contributed by atoms with Crippen LogP contribution in [0.25, 0.3) is 0 Å². The van der Waals surface area contributed by atoms with Crippen LogP contribution >= 0.6 is 11.6 Å². The fourth-order valence-electron chi connectivity index (χ4n) is 2.21. The van der Waals surface area contributed by atoms with E-state index >= 15 is 0 Å². The summed E-state index contributed by atoms with van der Waals surface area (Å²) in [5, 5.41) is 4.04. The Kier molecular flexibility index (Phi) is 5.57. The molecule has 2 aromatic rings. The minimum Gasteiger partial charge on any atom is -0.370 e. The van der Waals surface area contributed by atoms with Crippen molar-refractivity contribution in [1.82, 2.24) is 9.97 Å². The van der Waals surface area contributed by atoms with E-state index < -0.39 is 0 Å². The molecule has 0 saturated carbocycles. The number of nitrogens with one attached hydrogen (secondary N) is 1. The number of anilines is 1. The standard InChI is InChI=1S/C17H22ClN3/c1-4-19-16-11-15(9-12(2)3)20-17(21-16)10-13-5-7-14(18)8-6-13/h5-8,11-12H,4,9-10H2,1-3H3,(H,19,20,21). The zero-order valence-electron chi connectivity index (χ0n) is 12.9. The summed E-state index contributed by atoms with van der Waals surface area (Å²) in [6.07, 6.45) is 1.69. The number of rotatable bonds is 6. The molecule has 0 atom stereocenters. The molecule has 0 radical (unpaired) electrons. The van der Waals surface area contributed by atoms with Crippen molar-refractivity contribution in [2.75, 3.05) is 11.9 Å². The summed E-state index contributed by atoms with van der Waals surface area (Å²) >= 11 is 5.92. The molecule has 0 aliphatic carbocycles. The maximum absolute atomic E-state index is 5.92. The second-order valence-electron chi connectivity index (χ2n) is 5.59. The van der Waals surface area contributed by atoms with Crippen molar-refractivity contribution in [2.24, 2.45) is 5.92 Å². The third-order valence-electron chi connectivity index (χ3n) is 3.08. The van der Waals surface area contributed by atoms with Crippen LogP contribution in [0.1, 0.15) is 37.9 Å². The summed E-state index contributed by atoms with van der Waals surface area (Å²) in [5.41, 5.74) is 2.27. The lowest BCUT2D eigenvalue weighted by atomic mass is 10.1. The van der Waals surface area contributed by atoms with Gasteiger partial charge in [-0.1, -0.05) is 37.6 Å². The van der Waals surface area contributed by atoms with Crippen LogP contribution in [0, 0.1) is 5.92 Å². The van der Waals surface area contributed by atoms with E-state index in [0.29, 0.717) is 5.92 Å². The average molecular weight is 304 g/mol. The molecule has 0 saturated heterocycles. The molecule has 1 aromatic heterocycles. The second-order valence-corrected chi connectivity index (χ2v) is 6.03. The molecule has 0 aliphatic rings. The Hall–Kier alpha value is -1.61. The maximum Gasteiger partial charge on any atom is 0.135 e. The Bertz CT molecular complexity index is 579. The Morgan fingerprint density at radius 1 is 1.14 bits per heavy atom. The van der Waals surface area contributed by atoms with Gasteiger partial charge in [-0.05, 0) is 37.0 Å². The highest BCUT2D eigenvalue weighted by molar-refractivity contribution is 6.30. The first-order valence-corrected chi connectivity index (χ1v) is 7.79. The monoisotopic (exact) mass is 303 g/mol. The second kappa shape index (κ2) is 7.41. The van der Waals surface area contributed by atoms with Crippen molar-refractivity contribution in [1.29, 1.82) is 0 Å². The van der Waals surface area contributed by atoms with Crippen LogP contribution in [0.3, 0.4) is 0 Å². The zero-order chi connectivity index (χ0) is 15.2. The van der Waals surface area contributed by atoms with Crippen LogP contribution < -0.4 is 5.32 Å². The van der Waals surface area contributed by atoms with Gasteiger partial charge in [-0.15, -0.1) is 0 Å². The molecule has 0 fully saturated rings. The maximum atomic E-state index is 5.92. The lowest BCUT2D eigenvalue weighted by molar-refractivity contribution is 0.631. The van der Waals surface area contributed by atoms with Crippen LogP contribution in [0.4, 0.5) is 5.82 Å². The lowest BCUT2D eigenvalue weighted by Crippen LogP contribution is -2.08. The lowest BCUT2D eigenvalue weighted by Gasteiger charge is -2.10. The fraction of sp³-hybridized carbons (Fsp3) is 0.412. The molecule has 0 amide bonds. The number of halogens is 1. The van der Waals surface area contributed by atoms with Crippen LogP contribution in [0.5, 0.6) is 0 Å². The quantitative estimate of drug-likeness (QED) is 0.862. The molecule has 4 heteroatoms. The minimum atomic E-state index is 0.581. The minimum absolute atomic E-state index is 0.581. The highest BCUT2D eigenvalue weighted by atomic mass is 35.5. The summed E-state index contributed by atoms with van der Waals surface area (Å²) in [5.74, 6) is 2.34. The molecule has 1 aromatic carbocycles. The molecule has 0 unspecified atom stereocenters. The smallest absolute Gasteiger partial charge is 0.135 e. The van der Waals surface area contributed by atoms with Crippen LogP contribution in [-0.4, -0.2) is 16.5 Å². The van der Waals surface area contributed by atoms with E-state index in [2.05, 4.69) is 42.1 Å². The number of nitrogens with zero attached hydrogens (tertiary/aromatic N) is 2. The number of hydrogen-bond acceptors (Lipinski definition) is 3. The van der Waals surface area contributed by atoms with Gasteiger partial charge in [0.1, 0.15) is 11.6 Å². The SMILES string of the molecule is CCNc1cc(CC(C)C)nc(Cc2ccc(Cl)cc2)n1. The van der Waals surface area contributed by atoms with Gasteiger partial charge in [0.2, 0.25) is 0 Å². The first-order chi connectivity index (χ1) is 10.1. The number of aromatic nitrogens is 2. The Balaban J connectivity index is 2.24. The van der Waals surface area contributed by atoms with Gasteiger partial charge in [0, 0.05) is 29.7 Å². The summed E-state index contributed by atoms with van der Waals surface area (Å²) in [7, 11) is 0. The van der Waals surface area contributed by atoms with Crippen molar-refractivity contribution < 1.29 is 0 Å². The molecule has 0 spiro atoms. The van der Waals surface area contributed by atoms with Gasteiger partial charge >= 0.3 is 0 Å². The van der Waals surface area contributed by atoms with Gasteiger partial charge in [0.25, 0.3) is 0 Å². The van der Waals surface area contributed by atoms with Crippen LogP contribution in [0.15, 0.2) is 30.3 Å². The van der Waals surface area contributed by atoms with Crippen molar-refractivity contribution in [3.63, 3.8) is 0 Å². The van der Waals surface area contributed by atoms with Crippen molar-refractivity contribution in [2.45, 2.75) is 33.6 Å².